The molecule has 0 aromatic heterocycles. The first kappa shape index (κ1) is 13.4. The number of rotatable bonds is 4. The van der Waals surface area contributed by atoms with E-state index in [0.29, 0.717) is 10.6 Å². The number of hydrogen-bond acceptors (Lipinski definition) is 4. The van der Waals surface area contributed by atoms with E-state index >= 15 is 0 Å². The van der Waals surface area contributed by atoms with Gasteiger partial charge in [0.1, 0.15) is 0 Å². The summed E-state index contributed by atoms with van der Waals surface area (Å²) in [6.45, 7) is 5.60. The highest BCUT2D eigenvalue weighted by molar-refractivity contribution is 7.91. The first-order valence-electron chi connectivity index (χ1n) is 6.27. The van der Waals surface area contributed by atoms with Gasteiger partial charge >= 0.3 is 0 Å². The topological polar surface area (TPSA) is 58.2 Å². The highest BCUT2D eigenvalue weighted by Gasteiger charge is 2.29. The van der Waals surface area contributed by atoms with E-state index in [1.807, 2.05) is 12.1 Å². The van der Waals surface area contributed by atoms with Crippen molar-refractivity contribution in [1.82, 2.24) is 5.32 Å². The van der Waals surface area contributed by atoms with Gasteiger partial charge in [-0.2, -0.15) is 0 Å². The summed E-state index contributed by atoms with van der Waals surface area (Å²) in [5.41, 5.74) is 0.643. The molecule has 1 fully saturated rings. The van der Waals surface area contributed by atoms with Gasteiger partial charge < -0.3 is 10.6 Å². The summed E-state index contributed by atoms with van der Waals surface area (Å²) >= 11 is 0. The molecule has 1 aromatic rings. The summed E-state index contributed by atoms with van der Waals surface area (Å²) in [6.07, 6.45) is 0.994. The first-order chi connectivity index (χ1) is 8.47. The second kappa shape index (κ2) is 4.90. The second-order valence-corrected chi connectivity index (χ2v) is 7.26. The molecule has 0 amide bonds. The fraction of sp³-hybridized carbons (Fsp3) is 0.538. The van der Waals surface area contributed by atoms with E-state index in [4.69, 9.17) is 0 Å². The standard InChI is InChI=1S/C13H20N2O2S/c1-3-18(16,17)12-7-5-4-6-11(12)15-13(2)8-9-14-10-13/h4-7,14-15H,3,8-10H2,1-2H3. The lowest BCUT2D eigenvalue weighted by molar-refractivity contribution is 0.563. The largest absolute Gasteiger partial charge is 0.377 e. The Morgan fingerprint density at radius 1 is 1.39 bits per heavy atom. The third-order valence-corrected chi connectivity index (χ3v) is 5.19. The van der Waals surface area contributed by atoms with E-state index in [-0.39, 0.29) is 11.3 Å². The van der Waals surface area contributed by atoms with Crippen LogP contribution in [0.4, 0.5) is 5.69 Å². The van der Waals surface area contributed by atoms with Crippen LogP contribution >= 0.6 is 0 Å². The Morgan fingerprint density at radius 3 is 2.72 bits per heavy atom. The Balaban J connectivity index is 2.34. The van der Waals surface area contributed by atoms with Crippen LogP contribution in [0.3, 0.4) is 0 Å². The van der Waals surface area contributed by atoms with Crippen molar-refractivity contribution in [2.45, 2.75) is 30.7 Å². The number of benzene rings is 1. The predicted molar refractivity (Wildman–Crippen MR) is 73.7 cm³/mol. The molecule has 5 heteroatoms. The summed E-state index contributed by atoms with van der Waals surface area (Å²) < 4.78 is 24.1. The van der Waals surface area contributed by atoms with Crippen molar-refractivity contribution in [3.8, 4) is 0 Å². The molecule has 18 heavy (non-hydrogen) atoms. The van der Waals surface area contributed by atoms with Crippen molar-refractivity contribution in [1.29, 1.82) is 0 Å². The summed E-state index contributed by atoms with van der Waals surface area (Å²) in [4.78, 5) is 0.403. The van der Waals surface area contributed by atoms with Crippen LogP contribution in [-0.4, -0.2) is 32.8 Å². The van der Waals surface area contributed by atoms with Crippen LogP contribution in [0.5, 0.6) is 0 Å². The summed E-state index contributed by atoms with van der Waals surface area (Å²) in [5, 5.41) is 6.68. The SMILES string of the molecule is CCS(=O)(=O)c1ccccc1NC1(C)CCNC1. The van der Waals surface area contributed by atoms with Crippen LogP contribution in [0.2, 0.25) is 0 Å². The smallest absolute Gasteiger partial charge is 0.180 e. The van der Waals surface area contributed by atoms with Gasteiger partial charge in [-0.05, 0) is 32.0 Å². The van der Waals surface area contributed by atoms with Crippen molar-refractivity contribution in [2.75, 3.05) is 24.2 Å². The fourth-order valence-corrected chi connectivity index (χ4v) is 3.30. The molecular formula is C13H20N2O2S. The van der Waals surface area contributed by atoms with Crippen molar-refractivity contribution in [3.63, 3.8) is 0 Å². The van der Waals surface area contributed by atoms with Crippen molar-refractivity contribution < 1.29 is 8.42 Å². The average molecular weight is 268 g/mol. The lowest BCUT2D eigenvalue weighted by atomic mass is 10.0. The maximum atomic E-state index is 12.0. The third-order valence-electron chi connectivity index (χ3n) is 3.41. The summed E-state index contributed by atoms with van der Waals surface area (Å²) in [6, 6.07) is 7.14. The monoisotopic (exact) mass is 268 g/mol. The van der Waals surface area contributed by atoms with Crippen molar-refractivity contribution in [2.24, 2.45) is 0 Å². The van der Waals surface area contributed by atoms with Crippen molar-refractivity contribution in [3.05, 3.63) is 24.3 Å². The molecular weight excluding hydrogens is 248 g/mol. The van der Waals surface area contributed by atoms with E-state index in [1.54, 1.807) is 19.1 Å². The highest BCUT2D eigenvalue weighted by atomic mass is 32.2. The molecule has 0 bridgehead atoms. The van der Waals surface area contributed by atoms with Gasteiger partial charge in [-0.25, -0.2) is 8.42 Å². The Labute approximate surface area is 109 Å². The van der Waals surface area contributed by atoms with Crippen LogP contribution in [0.15, 0.2) is 29.2 Å². The van der Waals surface area contributed by atoms with Gasteiger partial charge in [0.25, 0.3) is 0 Å². The minimum atomic E-state index is -3.18. The average Bonchev–Trinajstić information content (AvgIpc) is 2.76. The van der Waals surface area contributed by atoms with E-state index in [9.17, 15) is 8.42 Å². The summed E-state index contributed by atoms with van der Waals surface area (Å²) in [5.74, 6) is 0.126. The zero-order valence-electron chi connectivity index (χ0n) is 10.9. The summed E-state index contributed by atoms with van der Waals surface area (Å²) in [7, 11) is -3.18. The Kier molecular flexibility index (Phi) is 3.64. The lowest BCUT2D eigenvalue weighted by Crippen LogP contribution is -2.37. The second-order valence-electron chi connectivity index (χ2n) is 5.01. The van der Waals surface area contributed by atoms with Crippen LogP contribution in [0.1, 0.15) is 20.3 Å². The minimum Gasteiger partial charge on any atom is -0.377 e. The third kappa shape index (κ3) is 2.67. The minimum absolute atomic E-state index is 0.0701. The molecule has 0 aliphatic carbocycles. The molecule has 0 saturated carbocycles. The van der Waals surface area contributed by atoms with Gasteiger partial charge in [0.15, 0.2) is 9.84 Å². The molecule has 1 saturated heterocycles. The van der Waals surface area contributed by atoms with Crippen LogP contribution in [0, 0.1) is 0 Å². The van der Waals surface area contributed by atoms with Crippen molar-refractivity contribution >= 4 is 15.5 Å². The molecule has 0 radical (unpaired) electrons. The number of para-hydroxylation sites is 1. The molecule has 1 aliphatic heterocycles. The fourth-order valence-electron chi connectivity index (χ4n) is 2.25. The van der Waals surface area contributed by atoms with Gasteiger partial charge in [-0.1, -0.05) is 19.1 Å². The predicted octanol–water partition coefficient (Wildman–Crippen LogP) is 1.64. The van der Waals surface area contributed by atoms with E-state index in [1.165, 1.54) is 0 Å². The molecule has 1 atom stereocenters. The first-order valence-corrected chi connectivity index (χ1v) is 7.93. The number of nitrogens with one attached hydrogen (secondary N) is 2. The van der Waals surface area contributed by atoms with Crippen LogP contribution in [0.25, 0.3) is 0 Å². The molecule has 0 spiro atoms. The lowest BCUT2D eigenvalue weighted by Gasteiger charge is -2.27. The maximum Gasteiger partial charge on any atom is 0.180 e. The Morgan fingerprint density at radius 2 is 2.11 bits per heavy atom. The Hall–Kier alpha value is -1.07. The molecule has 2 rings (SSSR count). The number of hydrogen-bond donors (Lipinski definition) is 2. The molecule has 4 nitrogen and oxygen atoms in total. The molecule has 2 N–H and O–H groups in total. The zero-order chi connectivity index (χ0) is 13.2. The van der Waals surface area contributed by atoms with Crippen LogP contribution < -0.4 is 10.6 Å². The molecule has 1 aromatic carbocycles. The van der Waals surface area contributed by atoms with Gasteiger partial charge in [0.2, 0.25) is 0 Å². The molecule has 100 valence electrons. The maximum absolute atomic E-state index is 12.0. The van der Waals surface area contributed by atoms with E-state index < -0.39 is 9.84 Å². The van der Waals surface area contributed by atoms with E-state index in [0.717, 1.165) is 19.5 Å². The van der Waals surface area contributed by atoms with E-state index in [2.05, 4.69) is 17.6 Å². The molecule has 1 aliphatic rings. The molecule has 1 heterocycles. The Bertz CT molecular complexity index is 520. The number of sulfone groups is 1. The van der Waals surface area contributed by atoms with Gasteiger partial charge in [0.05, 0.1) is 16.3 Å². The highest BCUT2D eigenvalue weighted by Crippen LogP contribution is 2.27. The van der Waals surface area contributed by atoms with Crippen LogP contribution in [-0.2, 0) is 9.84 Å². The molecule has 1 unspecified atom stereocenters. The normalized spacial score (nSPS) is 24.1. The van der Waals surface area contributed by atoms with Gasteiger partial charge in [-0.15, -0.1) is 0 Å². The van der Waals surface area contributed by atoms with Gasteiger partial charge in [-0.3, -0.25) is 0 Å². The quantitative estimate of drug-likeness (QED) is 0.871. The zero-order valence-corrected chi connectivity index (χ0v) is 11.7. The number of anilines is 1. The van der Waals surface area contributed by atoms with Gasteiger partial charge in [0, 0.05) is 12.1 Å².